The number of ketones is 2. The van der Waals surface area contributed by atoms with E-state index < -0.39 is 29.3 Å². The SMILES string of the molecule is CCOC(=O)c1sc(N(NC2C(=O)CC(C)(C)CC2=O)C(C)=O)c(C(=O)OCC)c1C. The summed E-state index contributed by atoms with van der Waals surface area (Å²) in [5.74, 6) is -2.62. The molecule has 2 rings (SSSR count). The number of carbonyl (C=O) groups excluding carboxylic acids is 5. The van der Waals surface area contributed by atoms with Crippen LogP contribution in [-0.4, -0.2) is 48.7 Å². The van der Waals surface area contributed by atoms with Gasteiger partial charge in [0.2, 0.25) is 5.91 Å². The van der Waals surface area contributed by atoms with E-state index in [1.165, 1.54) is 6.92 Å². The van der Waals surface area contributed by atoms with Crippen LogP contribution in [0.2, 0.25) is 0 Å². The highest BCUT2D eigenvalue weighted by Gasteiger charge is 2.42. The summed E-state index contributed by atoms with van der Waals surface area (Å²) in [5, 5.41) is 1.04. The summed E-state index contributed by atoms with van der Waals surface area (Å²) in [6, 6.07) is -1.22. The summed E-state index contributed by atoms with van der Waals surface area (Å²) in [6.07, 6.45) is 0.342. The minimum absolute atomic E-state index is 0.00800. The fraction of sp³-hybridized carbons (Fsp3) is 0.571. The maximum Gasteiger partial charge on any atom is 0.348 e. The first-order chi connectivity index (χ1) is 14.4. The van der Waals surface area contributed by atoms with Crippen LogP contribution in [0, 0.1) is 12.3 Å². The monoisotopic (exact) mass is 452 g/mol. The van der Waals surface area contributed by atoms with Crippen LogP contribution in [0.4, 0.5) is 5.00 Å². The van der Waals surface area contributed by atoms with Gasteiger partial charge in [-0.1, -0.05) is 13.8 Å². The first-order valence-corrected chi connectivity index (χ1v) is 10.8. The molecule has 1 aromatic heterocycles. The van der Waals surface area contributed by atoms with Gasteiger partial charge < -0.3 is 9.47 Å². The van der Waals surface area contributed by atoms with Crippen molar-refractivity contribution in [3.63, 3.8) is 0 Å². The Morgan fingerprint density at radius 3 is 2.06 bits per heavy atom. The lowest BCUT2D eigenvalue weighted by molar-refractivity contribution is -0.136. The number of rotatable bonds is 7. The third-order valence-corrected chi connectivity index (χ3v) is 6.05. The molecular weight excluding hydrogens is 424 g/mol. The topological polar surface area (TPSA) is 119 Å². The van der Waals surface area contributed by atoms with Gasteiger partial charge in [0.1, 0.15) is 15.9 Å². The predicted molar refractivity (Wildman–Crippen MR) is 114 cm³/mol. The van der Waals surface area contributed by atoms with Crippen LogP contribution in [0.25, 0.3) is 0 Å². The molecule has 1 fully saturated rings. The van der Waals surface area contributed by atoms with Crippen LogP contribution in [0.15, 0.2) is 0 Å². The Hall–Kier alpha value is -2.59. The van der Waals surface area contributed by atoms with Crippen LogP contribution in [0.1, 0.15) is 73.1 Å². The Morgan fingerprint density at radius 2 is 1.58 bits per heavy atom. The molecule has 170 valence electrons. The van der Waals surface area contributed by atoms with Crippen molar-refractivity contribution in [2.45, 2.75) is 60.4 Å². The Bertz CT molecular complexity index is 899. The molecule has 31 heavy (non-hydrogen) atoms. The van der Waals surface area contributed by atoms with Crippen molar-refractivity contribution < 1.29 is 33.4 Å². The molecule has 0 atom stereocenters. The van der Waals surface area contributed by atoms with Gasteiger partial charge in [-0.05, 0) is 31.7 Å². The highest BCUT2D eigenvalue weighted by Crippen LogP contribution is 2.37. The summed E-state index contributed by atoms with van der Waals surface area (Å²) in [4.78, 5) is 62.9. The van der Waals surface area contributed by atoms with Crippen molar-refractivity contribution in [3.8, 4) is 0 Å². The molecule has 0 aliphatic heterocycles. The molecule has 1 heterocycles. The number of Topliss-reactive ketones (excluding diaryl/α,β-unsaturated/α-hetero) is 2. The lowest BCUT2D eigenvalue weighted by Crippen LogP contribution is -2.57. The fourth-order valence-corrected chi connectivity index (χ4v) is 4.65. The molecular formula is C21H28N2O7S. The van der Waals surface area contributed by atoms with Crippen molar-refractivity contribution in [2.75, 3.05) is 18.2 Å². The maximum atomic E-state index is 12.6. The van der Waals surface area contributed by atoms with Gasteiger partial charge in [-0.3, -0.25) is 14.4 Å². The average molecular weight is 453 g/mol. The van der Waals surface area contributed by atoms with E-state index in [0.29, 0.717) is 5.56 Å². The van der Waals surface area contributed by atoms with Gasteiger partial charge in [0.25, 0.3) is 0 Å². The van der Waals surface area contributed by atoms with Crippen molar-refractivity contribution in [2.24, 2.45) is 5.41 Å². The maximum absolute atomic E-state index is 12.6. The van der Waals surface area contributed by atoms with E-state index in [2.05, 4.69) is 5.43 Å². The van der Waals surface area contributed by atoms with Crippen LogP contribution < -0.4 is 10.4 Å². The normalized spacial score (nSPS) is 16.2. The molecule has 0 unspecified atom stereocenters. The molecule has 0 spiro atoms. The molecule has 0 saturated heterocycles. The van der Waals surface area contributed by atoms with Crippen LogP contribution in [-0.2, 0) is 23.9 Å². The van der Waals surface area contributed by atoms with Crippen molar-refractivity contribution in [1.82, 2.24) is 5.43 Å². The lowest BCUT2D eigenvalue weighted by Gasteiger charge is -2.34. The number of thiophene rings is 1. The van der Waals surface area contributed by atoms with E-state index in [-0.39, 0.29) is 53.1 Å². The minimum atomic E-state index is -1.22. The first-order valence-electron chi connectivity index (χ1n) is 10.0. The second kappa shape index (κ2) is 9.69. The molecule has 9 nitrogen and oxygen atoms in total. The Balaban J connectivity index is 2.52. The number of ether oxygens (including phenoxy) is 2. The Morgan fingerprint density at radius 1 is 1.06 bits per heavy atom. The van der Waals surface area contributed by atoms with Crippen molar-refractivity contribution in [1.29, 1.82) is 0 Å². The summed E-state index contributed by atoms with van der Waals surface area (Å²) in [7, 11) is 0. The van der Waals surface area contributed by atoms with Gasteiger partial charge >= 0.3 is 11.9 Å². The zero-order valence-corrected chi connectivity index (χ0v) is 19.4. The number of amides is 1. The van der Waals surface area contributed by atoms with E-state index in [9.17, 15) is 24.0 Å². The molecule has 1 saturated carbocycles. The molecule has 0 radical (unpaired) electrons. The van der Waals surface area contributed by atoms with E-state index >= 15 is 0 Å². The summed E-state index contributed by atoms with van der Waals surface area (Å²) >= 11 is 0.860. The second-order valence-electron chi connectivity index (χ2n) is 8.04. The molecule has 1 N–H and O–H groups in total. The number of hydrazine groups is 1. The third-order valence-electron chi connectivity index (χ3n) is 4.79. The third kappa shape index (κ3) is 5.37. The highest BCUT2D eigenvalue weighted by molar-refractivity contribution is 7.18. The largest absolute Gasteiger partial charge is 0.462 e. The van der Waals surface area contributed by atoms with E-state index in [1.807, 2.05) is 13.8 Å². The zero-order chi connectivity index (χ0) is 23.5. The van der Waals surface area contributed by atoms with Crippen LogP contribution in [0.3, 0.4) is 0 Å². The number of esters is 2. The van der Waals surface area contributed by atoms with Gasteiger partial charge in [-0.25, -0.2) is 20.0 Å². The van der Waals surface area contributed by atoms with Crippen LogP contribution >= 0.6 is 11.3 Å². The Labute approximate surface area is 185 Å². The zero-order valence-electron chi connectivity index (χ0n) is 18.6. The van der Waals surface area contributed by atoms with Crippen LogP contribution in [0.5, 0.6) is 0 Å². The fourth-order valence-electron chi connectivity index (χ4n) is 3.45. The second-order valence-corrected chi connectivity index (χ2v) is 9.04. The van der Waals surface area contributed by atoms with E-state index in [0.717, 1.165) is 16.3 Å². The number of nitrogens with one attached hydrogen (secondary N) is 1. The molecule has 1 amide bonds. The lowest BCUT2D eigenvalue weighted by atomic mass is 9.74. The number of hydrogen-bond acceptors (Lipinski definition) is 9. The van der Waals surface area contributed by atoms with Crippen molar-refractivity contribution in [3.05, 3.63) is 16.0 Å². The van der Waals surface area contributed by atoms with Gasteiger partial charge in [0.15, 0.2) is 11.6 Å². The highest BCUT2D eigenvalue weighted by atomic mass is 32.1. The van der Waals surface area contributed by atoms with Crippen molar-refractivity contribution >= 4 is 45.8 Å². The molecule has 0 bridgehead atoms. The van der Waals surface area contributed by atoms with Gasteiger partial charge in [-0.15, -0.1) is 11.3 Å². The number of anilines is 1. The smallest absolute Gasteiger partial charge is 0.348 e. The molecule has 1 aliphatic rings. The minimum Gasteiger partial charge on any atom is -0.462 e. The van der Waals surface area contributed by atoms with Gasteiger partial charge in [0.05, 0.1) is 18.8 Å². The first kappa shape index (κ1) is 24.7. The number of hydrogen-bond donors (Lipinski definition) is 1. The predicted octanol–water partition coefficient (Wildman–Crippen LogP) is 2.59. The number of carbonyl (C=O) groups is 5. The van der Waals surface area contributed by atoms with Gasteiger partial charge in [-0.2, -0.15) is 0 Å². The number of nitrogens with zero attached hydrogens (tertiary/aromatic N) is 1. The summed E-state index contributed by atoms with van der Waals surface area (Å²) in [6.45, 7) is 9.94. The van der Waals surface area contributed by atoms with E-state index in [1.54, 1.807) is 20.8 Å². The summed E-state index contributed by atoms with van der Waals surface area (Å²) in [5.41, 5.74) is 2.54. The Kier molecular flexibility index (Phi) is 7.72. The average Bonchev–Trinajstić information content (AvgIpc) is 2.97. The standard InChI is InChI=1S/C21H28N2O7S/c1-7-29-19(27)15-11(3)17(20(28)30-8-2)31-18(15)23(12(4)24)22-16-13(25)9-21(5,6)10-14(16)26/h16,22H,7-10H2,1-6H3. The molecule has 1 aromatic rings. The molecule has 0 aromatic carbocycles. The quantitative estimate of drug-likeness (QED) is 0.381. The van der Waals surface area contributed by atoms with E-state index in [4.69, 9.17) is 9.47 Å². The molecule has 10 heteroatoms. The van der Waals surface area contributed by atoms with Gasteiger partial charge in [0, 0.05) is 19.8 Å². The summed E-state index contributed by atoms with van der Waals surface area (Å²) < 4.78 is 10.2. The molecule has 1 aliphatic carbocycles.